The number of rotatable bonds is 3. The number of phenolic OH excluding ortho intramolecular Hbond substituents is 1. The summed E-state index contributed by atoms with van der Waals surface area (Å²) in [5.41, 5.74) is 1.11. The largest absolute Gasteiger partial charge is 0.504 e. The van der Waals surface area contributed by atoms with E-state index in [1.54, 1.807) is 24.3 Å². The lowest BCUT2D eigenvalue weighted by molar-refractivity contribution is 0.101. The highest BCUT2D eigenvalue weighted by Crippen LogP contribution is 2.47. The molecule has 3 rings (SSSR count). The van der Waals surface area contributed by atoms with Gasteiger partial charge in [-0.25, -0.2) is 0 Å². The molecule has 124 valence electrons. The number of Topliss-reactive ketones (excluding diaryl/α,β-unsaturated/α-hetero) is 1. The number of ketones is 1. The van der Waals surface area contributed by atoms with Crippen LogP contribution in [0.4, 0.5) is 0 Å². The van der Waals surface area contributed by atoms with Crippen molar-refractivity contribution in [3.63, 3.8) is 0 Å². The second kappa shape index (κ2) is 6.49. The van der Waals surface area contributed by atoms with Gasteiger partial charge >= 0.3 is 0 Å². The third-order valence-corrected chi connectivity index (χ3v) is 4.83. The fourth-order valence-corrected chi connectivity index (χ4v) is 3.88. The van der Waals surface area contributed by atoms with Gasteiger partial charge in [0.05, 0.1) is 24.3 Å². The van der Waals surface area contributed by atoms with Crippen LogP contribution in [0.1, 0.15) is 15.9 Å². The van der Waals surface area contributed by atoms with E-state index in [0.717, 1.165) is 0 Å². The standard InChI is InChI=1S/C17H12Br2O5/c1-22-12-5-8(3-4-11(12)20)6-13-15(21)9-7-10(18)17(23-2)14(19)16(9)24-13/h3-7,20H,1-2H3/b13-6-. The summed E-state index contributed by atoms with van der Waals surface area (Å²) in [7, 11) is 2.99. The quantitative estimate of drug-likeness (QED) is 0.687. The molecule has 0 aromatic heterocycles. The third kappa shape index (κ3) is 2.78. The Hall–Kier alpha value is -1.99. The molecule has 0 bridgehead atoms. The summed E-state index contributed by atoms with van der Waals surface area (Å²) in [5, 5.41) is 9.65. The molecule has 5 nitrogen and oxygen atoms in total. The Labute approximate surface area is 155 Å². The van der Waals surface area contributed by atoms with Crippen molar-refractivity contribution < 1.29 is 24.1 Å². The molecular weight excluding hydrogens is 444 g/mol. The highest BCUT2D eigenvalue weighted by Gasteiger charge is 2.32. The van der Waals surface area contributed by atoms with Crippen LogP contribution in [0.5, 0.6) is 23.0 Å². The predicted octanol–water partition coefficient (Wildman–Crippen LogP) is 4.55. The maximum absolute atomic E-state index is 12.6. The van der Waals surface area contributed by atoms with Crippen molar-refractivity contribution in [3.05, 3.63) is 50.1 Å². The van der Waals surface area contributed by atoms with E-state index in [0.29, 0.717) is 37.3 Å². The minimum Gasteiger partial charge on any atom is -0.504 e. The molecule has 2 aromatic carbocycles. The third-order valence-electron chi connectivity index (χ3n) is 3.52. The molecule has 1 aliphatic heterocycles. The number of hydrogen-bond acceptors (Lipinski definition) is 5. The van der Waals surface area contributed by atoms with Gasteiger partial charge in [-0.3, -0.25) is 4.79 Å². The molecule has 2 aromatic rings. The number of aromatic hydroxyl groups is 1. The second-order valence-corrected chi connectivity index (χ2v) is 6.60. The lowest BCUT2D eigenvalue weighted by Crippen LogP contribution is -1.98. The van der Waals surface area contributed by atoms with Gasteiger partial charge < -0.3 is 19.3 Å². The maximum Gasteiger partial charge on any atom is 0.232 e. The van der Waals surface area contributed by atoms with Crippen LogP contribution in [-0.4, -0.2) is 25.1 Å². The van der Waals surface area contributed by atoms with E-state index < -0.39 is 0 Å². The number of hydrogen-bond donors (Lipinski definition) is 1. The van der Waals surface area contributed by atoms with Gasteiger partial charge in [0.2, 0.25) is 5.78 Å². The normalized spacial score (nSPS) is 14.5. The zero-order chi connectivity index (χ0) is 17.4. The smallest absolute Gasteiger partial charge is 0.232 e. The van der Waals surface area contributed by atoms with Crippen molar-refractivity contribution in [2.45, 2.75) is 0 Å². The Morgan fingerprint density at radius 1 is 1.17 bits per heavy atom. The van der Waals surface area contributed by atoms with Gasteiger partial charge in [0.1, 0.15) is 4.47 Å². The van der Waals surface area contributed by atoms with Crippen LogP contribution < -0.4 is 14.2 Å². The van der Waals surface area contributed by atoms with Crippen LogP contribution in [0, 0.1) is 0 Å². The summed E-state index contributed by atoms with van der Waals surface area (Å²) in [6.07, 6.45) is 1.59. The monoisotopic (exact) mass is 454 g/mol. The molecule has 0 spiro atoms. The van der Waals surface area contributed by atoms with E-state index in [1.807, 2.05) is 0 Å². The van der Waals surface area contributed by atoms with Crippen LogP contribution in [0.3, 0.4) is 0 Å². The molecule has 24 heavy (non-hydrogen) atoms. The van der Waals surface area contributed by atoms with E-state index in [1.165, 1.54) is 20.3 Å². The first kappa shape index (κ1) is 16.9. The molecule has 0 saturated heterocycles. The number of carbonyl (C=O) groups is 1. The van der Waals surface area contributed by atoms with E-state index in [4.69, 9.17) is 14.2 Å². The van der Waals surface area contributed by atoms with Crippen LogP contribution in [0.2, 0.25) is 0 Å². The summed E-state index contributed by atoms with van der Waals surface area (Å²) >= 11 is 6.78. The van der Waals surface area contributed by atoms with Gasteiger partial charge in [-0.2, -0.15) is 0 Å². The SMILES string of the molecule is COc1cc(/C=C2\Oc3c(cc(Br)c(OC)c3Br)C2=O)ccc1O. The first-order chi connectivity index (χ1) is 11.5. The summed E-state index contributed by atoms with van der Waals surface area (Å²) in [6.45, 7) is 0. The zero-order valence-electron chi connectivity index (χ0n) is 12.7. The Morgan fingerprint density at radius 3 is 2.58 bits per heavy atom. The van der Waals surface area contributed by atoms with Gasteiger partial charge in [0.25, 0.3) is 0 Å². The molecule has 0 unspecified atom stereocenters. The predicted molar refractivity (Wildman–Crippen MR) is 96.0 cm³/mol. The van der Waals surface area contributed by atoms with Gasteiger partial charge in [-0.15, -0.1) is 0 Å². The van der Waals surface area contributed by atoms with Crippen LogP contribution in [-0.2, 0) is 0 Å². The molecule has 1 aliphatic rings. The number of ether oxygens (including phenoxy) is 3. The minimum atomic E-state index is -0.235. The van der Waals surface area contributed by atoms with E-state index in [2.05, 4.69) is 31.9 Å². The topological polar surface area (TPSA) is 65.0 Å². The van der Waals surface area contributed by atoms with Crippen molar-refractivity contribution in [2.75, 3.05) is 14.2 Å². The fourth-order valence-electron chi connectivity index (χ4n) is 2.36. The first-order valence-corrected chi connectivity index (χ1v) is 8.42. The Balaban J connectivity index is 2.03. The number of fused-ring (bicyclic) bond motifs is 1. The van der Waals surface area contributed by atoms with Gasteiger partial charge in [-0.1, -0.05) is 6.07 Å². The van der Waals surface area contributed by atoms with Crippen molar-refractivity contribution in [2.24, 2.45) is 0 Å². The number of halogens is 2. The molecule has 0 aliphatic carbocycles. The number of methoxy groups -OCH3 is 2. The summed E-state index contributed by atoms with van der Waals surface area (Å²) < 4.78 is 17.3. The van der Waals surface area contributed by atoms with E-state index in [9.17, 15) is 9.90 Å². The van der Waals surface area contributed by atoms with Crippen LogP contribution >= 0.6 is 31.9 Å². The Kier molecular flexibility index (Phi) is 4.56. The van der Waals surface area contributed by atoms with Crippen molar-refractivity contribution in [1.82, 2.24) is 0 Å². The van der Waals surface area contributed by atoms with Gasteiger partial charge in [-0.05, 0) is 61.7 Å². The Bertz CT molecular complexity index is 874. The van der Waals surface area contributed by atoms with Crippen LogP contribution in [0.25, 0.3) is 6.08 Å². The Morgan fingerprint density at radius 2 is 1.92 bits per heavy atom. The van der Waals surface area contributed by atoms with E-state index in [-0.39, 0.29) is 17.3 Å². The summed E-state index contributed by atoms with van der Waals surface area (Å²) in [5.74, 6) is 1.25. The molecule has 0 atom stereocenters. The lowest BCUT2D eigenvalue weighted by Gasteiger charge is -2.09. The van der Waals surface area contributed by atoms with Crippen molar-refractivity contribution in [1.29, 1.82) is 0 Å². The molecule has 0 saturated carbocycles. The van der Waals surface area contributed by atoms with Crippen LogP contribution in [0.15, 0.2) is 39.0 Å². The van der Waals surface area contributed by atoms with Crippen molar-refractivity contribution in [3.8, 4) is 23.0 Å². The maximum atomic E-state index is 12.6. The average Bonchev–Trinajstić information content (AvgIpc) is 2.86. The number of allylic oxidation sites excluding steroid dienone is 1. The lowest BCUT2D eigenvalue weighted by atomic mass is 10.1. The average molecular weight is 456 g/mol. The number of carbonyl (C=O) groups excluding carboxylic acids is 1. The molecule has 1 heterocycles. The zero-order valence-corrected chi connectivity index (χ0v) is 15.9. The number of phenols is 1. The summed E-state index contributed by atoms with van der Waals surface area (Å²) in [4.78, 5) is 12.6. The molecule has 0 fully saturated rings. The fraction of sp³-hybridized carbons (Fsp3) is 0.118. The first-order valence-electron chi connectivity index (χ1n) is 6.83. The van der Waals surface area contributed by atoms with Crippen molar-refractivity contribution >= 4 is 43.7 Å². The van der Waals surface area contributed by atoms with Gasteiger partial charge in [0.15, 0.2) is 28.8 Å². The molecule has 0 amide bonds. The minimum absolute atomic E-state index is 0.0259. The molecule has 0 radical (unpaired) electrons. The molecular formula is C17H12Br2O5. The second-order valence-electron chi connectivity index (χ2n) is 4.95. The molecule has 7 heteroatoms. The summed E-state index contributed by atoms with van der Waals surface area (Å²) in [6, 6.07) is 6.44. The van der Waals surface area contributed by atoms with E-state index >= 15 is 0 Å². The van der Waals surface area contributed by atoms with Gasteiger partial charge in [0, 0.05) is 0 Å². The highest BCUT2D eigenvalue weighted by atomic mass is 79.9. The molecule has 1 N–H and O–H groups in total. The highest BCUT2D eigenvalue weighted by molar-refractivity contribution is 9.11. The number of benzene rings is 2.